The summed E-state index contributed by atoms with van der Waals surface area (Å²) in [6, 6.07) is 0. The molecule has 1 saturated carbocycles. The number of hydrogen-bond acceptors (Lipinski definition) is 2. The number of halogens is 1. The SMILES string of the molecule is CSCCC(=O)NC1(CBr)CCCC1. The Labute approximate surface area is 98.7 Å². The summed E-state index contributed by atoms with van der Waals surface area (Å²) in [4.78, 5) is 11.6. The Morgan fingerprint density at radius 3 is 2.64 bits per heavy atom. The van der Waals surface area contributed by atoms with Crippen molar-refractivity contribution < 1.29 is 4.79 Å². The van der Waals surface area contributed by atoms with Gasteiger partial charge in [-0.25, -0.2) is 0 Å². The predicted octanol–water partition coefficient (Wildman–Crippen LogP) is 2.56. The van der Waals surface area contributed by atoms with Crippen LogP contribution >= 0.6 is 27.7 Å². The summed E-state index contributed by atoms with van der Waals surface area (Å²) in [6.45, 7) is 0. The molecule has 0 radical (unpaired) electrons. The Hall–Kier alpha value is 0.300. The van der Waals surface area contributed by atoms with Gasteiger partial charge in [0.1, 0.15) is 0 Å². The van der Waals surface area contributed by atoms with Crippen molar-refractivity contribution in [2.75, 3.05) is 17.3 Å². The fourth-order valence-electron chi connectivity index (χ4n) is 1.90. The number of hydrogen-bond donors (Lipinski definition) is 1. The molecule has 0 spiro atoms. The van der Waals surface area contributed by atoms with E-state index < -0.39 is 0 Å². The van der Waals surface area contributed by atoms with Crippen LogP contribution in [0, 0.1) is 0 Å². The van der Waals surface area contributed by atoms with Crippen molar-refractivity contribution >= 4 is 33.6 Å². The molecule has 1 aliphatic rings. The molecule has 0 aliphatic heterocycles. The van der Waals surface area contributed by atoms with Crippen molar-refractivity contribution in [3.05, 3.63) is 0 Å². The molecular weight excluding hydrogens is 262 g/mol. The first-order chi connectivity index (χ1) is 6.72. The molecule has 0 saturated heterocycles. The molecule has 14 heavy (non-hydrogen) atoms. The van der Waals surface area contributed by atoms with E-state index in [1.54, 1.807) is 11.8 Å². The molecule has 0 aromatic rings. The van der Waals surface area contributed by atoms with Gasteiger partial charge in [0.15, 0.2) is 0 Å². The summed E-state index contributed by atoms with van der Waals surface area (Å²) >= 11 is 5.23. The van der Waals surface area contributed by atoms with E-state index in [4.69, 9.17) is 0 Å². The van der Waals surface area contributed by atoms with Gasteiger partial charge >= 0.3 is 0 Å². The van der Waals surface area contributed by atoms with E-state index >= 15 is 0 Å². The van der Waals surface area contributed by atoms with E-state index in [2.05, 4.69) is 21.2 Å². The molecule has 1 aliphatic carbocycles. The first kappa shape index (κ1) is 12.4. The Morgan fingerprint density at radius 1 is 1.50 bits per heavy atom. The van der Waals surface area contributed by atoms with Crippen molar-refractivity contribution in [1.82, 2.24) is 5.32 Å². The highest BCUT2D eigenvalue weighted by atomic mass is 79.9. The van der Waals surface area contributed by atoms with Gasteiger partial charge in [-0.2, -0.15) is 11.8 Å². The van der Waals surface area contributed by atoms with Crippen LogP contribution in [-0.4, -0.2) is 28.8 Å². The average molecular weight is 280 g/mol. The lowest BCUT2D eigenvalue weighted by molar-refractivity contribution is -0.122. The number of amides is 1. The minimum Gasteiger partial charge on any atom is -0.350 e. The molecule has 1 amide bonds. The lowest BCUT2D eigenvalue weighted by Crippen LogP contribution is -2.47. The number of alkyl halides is 1. The van der Waals surface area contributed by atoms with Gasteiger partial charge < -0.3 is 5.32 Å². The first-order valence-electron chi connectivity index (χ1n) is 5.08. The molecular formula is C10H18BrNOS. The van der Waals surface area contributed by atoms with Crippen molar-refractivity contribution in [2.45, 2.75) is 37.6 Å². The van der Waals surface area contributed by atoms with E-state index in [1.165, 1.54) is 12.8 Å². The number of thioether (sulfide) groups is 1. The van der Waals surface area contributed by atoms with Gasteiger partial charge in [0, 0.05) is 23.0 Å². The third-order valence-corrected chi connectivity index (χ3v) is 4.44. The van der Waals surface area contributed by atoms with Crippen molar-refractivity contribution in [3.63, 3.8) is 0 Å². The third-order valence-electron chi connectivity index (χ3n) is 2.75. The molecule has 0 atom stereocenters. The summed E-state index contributed by atoms with van der Waals surface area (Å²) in [6.07, 6.45) is 7.42. The molecule has 2 nitrogen and oxygen atoms in total. The van der Waals surface area contributed by atoms with Crippen LogP contribution in [0.4, 0.5) is 0 Å². The fraction of sp³-hybridized carbons (Fsp3) is 0.900. The highest BCUT2D eigenvalue weighted by molar-refractivity contribution is 9.09. The number of carbonyl (C=O) groups excluding carboxylic acids is 1. The van der Waals surface area contributed by atoms with Gasteiger partial charge in [-0.3, -0.25) is 4.79 Å². The summed E-state index contributed by atoms with van der Waals surface area (Å²) in [5.41, 5.74) is 0.0650. The van der Waals surface area contributed by atoms with E-state index in [1.807, 2.05) is 6.26 Å². The molecule has 0 heterocycles. The van der Waals surface area contributed by atoms with Crippen LogP contribution in [0.3, 0.4) is 0 Å². The van der Waals surface area contributed by atoms with Crippen LogP contribution in [0.25, 0.3) is 0 Å². The van der Waals surface area contributed by atoms with Gasteiger partial charge in [0.2, 0.25) is 5.91 Å². The second kappa shape index (κ2) is 6.01. The van der Waals surface area contributed by atoms with Crippen LogP contribution in [0.1, 0.15) is 32.1 Å². The quantitative estimate of drug-likeness (QED) is 0.784. The van der Waals surface area contributed by atoms with E-state index in [0.717, 1.165) is 23.9 Å². The molecule has 0 aromatic heterocycles. The van der Waals surface area contributed by atoms with Gasteiger partial charge in [0.05, 0.1) is 0 Å². The van der Waals surface area contributed by atoms with Crippen LogP contribution in [0.15, 0.2) is 0 Å². The lowest BCUT2D eigenvalue weighted by atomic mass is 10.0. The van der Waals surface area contributed by atoms with Crippen LogP contribution < -0.4 is 5.32 Å². The molecule has 0 bridgehead atoms. The zero-order valence-corrected chi connectivity index (χ0v) is 11.0. The maximum absolute atomic E-state index is 11.6. The maximum atomic E-state index is 11.6. The second-order valence-corrected chi connectivity index (χ2v) is 5.46. The first-order valence-corrected chi connectivity index (χ1v) is 7.60. The zero-order valence-electron chi connectivity index (χ0n) is 8.64. The smallest absolute Gasteiger partial charge is 0.221 e. The number of carbonyl (C=O) groups is 1. The van der Waals surface area contributed by atoms with Crippen molar-refractivity contribution in [1.29, 1.82) is 0 Å². The predicted molar refractivity (Wildman–Crippen MR) is 66.1 cm³/mol. The van der Waals surface area contributed by atoms with Crippen molar-refractivity contribution in [2.24, 2.45) is 0 Å². The van der Waals surface area contributed by atoms with Crippen molar-refractivity contribution in [3.8, 4) is 0 Å². The maximum Gasteiger partial charge on any atom is 0.221 e. The molecule has 1 rings (SSSR count). The summed E-state index contributed by atoms with van der Waals surface area (Å²) in [5.74, 6) is 1.13. The monoisotopic (exact) mass is 279 g/mol. The molecule has 1 fully saturated rings. The van der Waals surface area contributed by atoms with Crippen LogP contribution in [0.2, 0.25) is 0 Å². The highest BCUT2D eigenvalue weighted by Gasteiger charge is 2.33. The minimum absolute atomic E-state index is 0.0650. The van der Waals surface area contributed by atoms with Crippen LogP contribution in [-0.2, 0) is 4.79 Å². The Balaban J connectivity index is 2.36. The summed E-state index contributed by atoms with van der Waals surface area (Å²) < 4.78 is 0. The van der Waals surface area contributed by atoms with Gasteiger partial charge in [-0.05, 0) is 19.1 Å². The normalized spacial score (nSPS) is 19.6. The zero-order chi connectivity index (χ0) is 10.4. The summed E-state index contributed by atoms with van der Waals surface area (Å²) in [7, 11) is 0. The van der Waals surface area contributed by atoms with Gasteiger partial charge in [0.25, 0.3) is 0 Å². The third kappa shape index (κ3) is 3.46. The largest absolute Gasteiger partial charge is 0.350 e. The minimum atomic E-state index is 0.0650. The Morgan fingerprint density at radius 2 is 2.14 bits per heavy atom. The number of nitrogens with one attached hydrogen (secondary N) is 1. The number of rotatable bonds is 5. The lowest BCUT2D eigenvalue weighted by Gasteiger charge is -2.28. The van der Waals surface area contributed by atoms with E-state index in [9.17, 15) is 4.79 Å². The fourth-order valence-corrected chi connectivity index (χ4v) is 2.99. The molecule has 0 aromatic carbocycles. The average Bonchev–Trinajstić information content (AvgIpc) is 2.64. The summed E-state index contributed by atoms with van der Waals surface area (Å²) in [5, 5.41) is 4.07. The topological polar surface area (TPSA) is 29.1 Å². The molecule has 82 valence electrons. The van der Waals surface area contributed by atoms with E-state index in [0.29, 0.717) is 6.42 Å². The highest BCUT2D eigenvalue weighted by Crippen LogP contribution is 2.31. The Kier molecular flexibility index (Phi) is 5.31. The molecule has 4 heteroatoms. The molecule has 1 N–H and O–H groups in total. The van der Waals surface area contributed by atoms with Crippen LogP contribution in [0.5, 0.6) is 0 Å². The van der Waals surface area contributed by atoms with E-state index in [-0.39, 0.29) is 11.4 Å². The van der Waals surface area contributed by atoms with Gasteiger partial charge in [-0.15, -0.1) is 0 Å². The Bertz CT molecular complexity index is 193. The second-order valence-electron chi connectivity index (χ2n) is 3.91. The molecule has 0 unspecified atom stereocenters. The van der Waals surface area contributed by atoms with Gasteiger partial charge in [-0.1, -0.05) is 28.8 Å². The standard InChI is InChI=1S/C10H18BrNOS/c1-14-7-4-9(13)12-10(8-11)5-2-3-6-10/h2-8H2,1H3,(H,12,13).